The van der Waals surface area contributed by atoms with Gasteiger partial charge in [-0.05, 0) is 55.0 Å². The Morgan fingerprint density at radius 3 is 2.27 bits per heavy atom. The van der Waals surface area contributed by atoms with E-state index in [-0.39, 0.29) is 17.2 Å². The number of nitro benzene ring substituents is 1. The number of amides is 1. The zero-order chi connectivity index (χ0) is 21.5. The monoisotopic (exact) mass is 406 g/mol. The molecule has 0 aliphatic heterocycles. The maximum absolute atomic E-state index is 13.3. The maximum Gasteiger partial charge on any atom is 0.270 e. The Balaban J connectivity index is 1.96. The highest BCUT2D eigenvalue weighted by molar-refractivity contribution is 6.06. The molecule has 154 valence electrons. The van der Waals surface area contributed by atoms with E-state index >= 15 is 0 Å². The summed E-state index contributed by atoms with van der Waals surface area (Å²) in [5.74, 6) is 1.09. The van der Waals surface area contributed by atoms with E-state index in [0.29, 0.717) is 24.6 Å². The van der Waals surface area contributed by atoms with Gasteiger partial charge in [0.15, 0.2) is 0 Å². The number of ether oxygens (including phenoxy) is 2. The smallest absolute Gasteiger partial charge is 0.270 e. The van der Waals surface area contributed by atoms with Crippen molar-refractivity contribution in [3.05, 3.63) is 94.0 Å². The van der Waals surface area contributed by atoms with Gasteiger partial charge >= 0.3 is 0 Å². The zero-order valence-electron chi connectivity index (χ0n) is 16.8. The van der Waals surface area contributed by atoms with E-state index in [9.17, 15) is 14.9 Å². The first-order valence-electron chi connectivity index (χ1n) is 9.44. The van der Waals surface area contributed by atoms with E-state index in [0.717, 1.165) is 11.3 Å². The van der Waals surface area contributed by atoms with E-state index in [1.54, 1.807) is 42.3 Å². The summed E-state index contributed by atoms with van der Waals surface area (Å²) in [7, 11) is 1.59. The van der Waals surface area contributed by atoms with Gasteiger partial charge in [-0.3, -0.25) is 14.9 Å². The van der Waals surface area contributed by atoms with Crippen LogP contribution in [0.1, 0.15) is 22.8 Å². The van der Waals surface area contributed by atoms with Crippen LogP contribution in [-0.4, -0.2) is 24.5 Å². The van der Waals surface area contributed by atoms with E-state index in [4.69, 9.17) is 9.47 Å². The standard InChI is InChI=1S/C23H22N2O5/c1-3-30-22-13-9-19(10-14-22)24(16-17-7-11-21(29-2)12-8-17)23(26)18-5-4-6-20(15-18)25(27)28/h4-15H,3,16H2,1-2H3. The van der Waals surface area contributed by atoms with Crippen LogP contribution in [0, 0.1) is 10.1 Å². The molecule has 0 fully saturated rings. The summed E-state index contributed by atoms with van der Waals surface area (Å²) >= 11 is 0. The number of hydrogen-bond donors (Lipinski definition) is 0. The average Bonchev–Trinajstić information content (AvgIpc) is 2.78. The fraction of sp³-hybridized carbons (Fsp3) is 0.174. The molecule has 0 radical (unpaired) electrons. The highest BCUT2D eigenvalue weighted by atomic mass is 16.6. The number of hydrogen-bond acceptors (Lipinski definition) is 5. The Labute approximate surface area is 174 Å². The number of anilines is 1. The van der Waals surface area contributed by atoms with E-state index < -0.39 is 4.92 Å². The number of non-ortho nitro benzene ring substituents is 1. The summed E-state index contributed by atoms with van der Waals surface area (Å²) in [6.45, 7) is 2.73. The lowest BCUT2D eigenvalue weighted by molar-refractivity contribution is -0.384. The van der Waals surface area contributed by atoms with Crippen molar-refractivity contribution < 1.29 is 19.2 Å². The van der Waals surface area contributed by atoms with Crippen LogP contribution in [0.4, 0.5) is 11.4 Å². The molecule has 3 rings (SSSR count). The first-order valence-corrected chi connectivity index (χ1v) is 9.44. The fourth-order valence-electron chi connectivity index (χ4n) is 2.99. The molecule has 0 spiro atoms. The van der Waals surface area contributed by atoms with Crippen LogP contribution in [0.5, 0.6) is 11.5 Å². The molecule has 7 heteroatoms. The predicted octanol–water partition coefficient (Wildman–Crippen LogP) is 4.85. The summed E-state index contributed by atoms with van der Waals surface area (Å²) in [5.41, 5.74) is 1.66. The number of nitro groups is 1. The van der Waals surface area contributed by atoms with E-state index in [2.05, 4.69) is 0 Å². The van der Waals surface area contributed by atoms with Crippen LogP contribution in [0.25, 0.3) is 0 Å². The summed E-state index contributed by atoms with van der Waals surface area (Å²) in [4.78, 5) is 25.5. The second-order valence-corrected chi connectivity index (χ2v) is 6.47. The third kappa shape index (κ3) is 4.94. The highest BCUT2D eigenvalue weighted by Crippen LogP contribution is 2.25. The fourth-order valence-corrected chi connectivity index (χ4v) is 2.99. The predicted molar refractivity (Wildman–Crippen MR) is 114 cm³/mol. The topological polar surface area (TPSA) is 81.9 Å². The molecule has 0 bridgehead atoms. The molecule has 7 nitrogen and oxygen atoms in total. The first kappa shape index (κ1) is 20.9. The molecule has 1 amide bonds. The second kappa shape index (κ2) is 9.56. The van der Waals surface area contributed by atoms with Gasteiger partial charge in [0.05, 0.1) is 25.2 Å². The van der Waals surface area contributed by atoms with Crippen molar-refractivity contribution in [3.63, 3.8) is 0 Å². The molecule has 0 aromatic heterocycles. The van der Waals surface area contributed by atoms with Gasteiger partial charge in [-0.1, -0.05) is 18.2 Å². The van der Waals surface area contributed by atoms with E-state index in [1.165, 1.54) is 18.2 Å². The Morgan fingerprint density at radius 1 is 1.00 bits per heavy atom. The second-order valence-electron chi connectivity index (χ2n) is 6.47. The number of methoxy groups -OCH3 is 1. The first-order chi connectivity index (χ1) is 14.5. The Morgan fingerprint density at radius 2 is 1.67 bits per heavy atom. The Hall–Kier alpha value is -3.87. The minimum absolute atomic E-state index is 0.128. The molecular formula is C23H22N2O5. The van der Waals surface area contributed by atoms with Crippen LogP contribution >= 0.6 is 0 Å². The number of nitrogens with zero attached hydrogens (tertiary/aromatic N) is 2. The van der Waals surface area contributed by atoms with Crippen LogP contribution in [-0.2, 0) is 6.54 Å². The van der Waals surface area contributed by atoms with Gasteiger partial charge in [0.2, 0.25) is 0 Å². The van der Waals surface area contributed by atoms with Crippen molar-refractivity contribution in [2.24, 2.45) is 0 Å². The van der Waals surface area contributed by atoms with Gasteiger partial charge in [0.1, 0.15) is 11.5 Å². The van der Waals surface area contributed by atoms with E-state index in [1.807, 2.05) is 31.2 Å². The largest absolute Gasteiger partial charge is 0.497 e. The Kier molecular flexibility index (Phi) is 6.64. The number of benzene rings is 3. The molecule has 0 saturated heterocycles. The van der Waals surface area contributed by atoms with Gasteiger partial charge in [-0.15, -0.1) is 0 Å². The summed E-state index contributed by atoms with van der Waals surface area (Å²) in [6.07, 6.45) is 0. The van der Waals surface area contributed by atoms with Crippen molar-refractivity contribution >= 4 is 17.3 Å². The highest BCUT2D eigenvalue weighted by Gasteiger charge is 2.20. The van der Waals surface area contributed by atoms with Crippen molar-refractivity contribution in [1.29, 1.82) is 0 Å². The lowest BCUT2D eigenvalue weighted by atomic mass is 10.1. The molecule has 0 atom stereocenters. The summed E-state index contributed by atoms with van der Waals surface area (Å²) < 4.78 is 10.7. The molecule has 3 aromatic rings. The van der Waals surface area contributed by atoms with Gasteiger partial charge < -0.3 is 14.4 Å². The number of carbonyl (C=O) groups excluding carboxylic acids is 1. The minimum Gasteiger partial charge on any atom is -0.497 e. The average molecular weight is 406 g/mol. The van der Waals surface area contributed by atoms with Crippen LogP contribution < -0.4 is 14.4 Å². The summed E-state index contributed by atoms with van der Waals surface area (Å²) in [5, 5.41) is 11.1. The van der Waals surface area contributed by atoms with Crippen molar-refractivity contribution in [3.8, 4) is 11.5 Å². The lowest BCUT2D eigenvalue weighted by Gasteiger charge is -2.23. The van der Waals surface area contributed by atoms with Gasteiger partial charge in [-0.2, -0.15) is 0 Å². The van der Waals surface area contributed by atoms with Gasteiger partial charge in [0.25, 0.3) is 11.6 Å². The molecule has 30 heavy (non-hydrogen) atoms. The zero-order valence-corrected chi connectivity index (χ0v) is 16.8. The molecule has 0 saturated carbocycles. The lowest BCUT2D eigenvalue weighted by Crippen LogP contribution is -2.30. The van der Waals surface area contributed by atoms with Gasteiger partial charge in [0, 0.05) is 23.4 Å². The molecule has 3 aromatic carbocycles. The number of carbonyl (C=O) groups is 1. The molecule has 0 N–H and O–H groups in total. The van der Waals surface area contributed by atoms with Crippen molar-refractivity contribution in [2.45, 2.75) is 13.5 Å². The molecule has 0 aliphatic rings. The third-order valence-electron chi connectivity index (χ3n) is 4.51. The Bertz CT molecular complexity index is 1020. The SMILES string of the molecule is CCOc1ccc(N(Cc2ccc(OC)cc2)C(=O)c2cccc([N+](=O)[O-])c2)cc1. The van der Waals surface area contributed by atoms with Crippen LogP contribution in [0.3, 0.4) is 0 Å². The van der Waals surface area contributed by atoms with Gasteiger partial charge in [-0.25, -0.2) is 0 Å². The minimum atomic E-state index is -0.512. The molecule has 0 heterocycles. The third-order valence-corrected chi connectivity index (χ3v) is 4.51. The van der Waals surface area contributed by atoms with Crippen LogP contribution in [0.2, 0.25) is 0 Å². The molecule has 0 unspecified atom stereocenters. The number of rotatable bonds is 8. The summed E-state index contributed by atoms with van der Waals surface area (Å²) in [6, 6.07) is 20.3. The van der Waals surface area contributed by atoms with Crippen molar-refractivity contribution in [2.75, 3.05) is 18.6 Å². The van der Waals surface area contributed by atoms with Crippen LogP contribution in [0.15, 0.2) is 72.8 Å². The normalized spacial score (nSPS) is 10.3. The quantitative estimate of drug-likeness (QED) is 0.395. The molecular weight excluding hydrogens is 384 g/mol. The van der Waals surface area contributed by atoms with Crippen molar-refractivity contribution in [1.82, 2.24) is 0 Å². The maximum atomic E-state index is 13.3. The molecule has 0 aliphatic carbocycles.